The topological polar surface area (TPSA) is 20.2 Å². The van der Waals surface area contributed by atoms with Crippen LogP contribution in [0.5, 0.6) is 0 Å². The van der Waals surface area contributed by atoms with Crippen molar-refractivity contribution in [2.45, 2.75) is 46.0 Å². The van der Waals surface area contributed by atoms with Crippen molar-refractivity contribution < 1.29 is 20.6 Å². The first kappa shape index (κ1) is 21.4. The molecule has 1 rings (SSSR count). The Bertz CT molecular complexity index is 183. The van der Waals surface area contributed by atoms with Gasteiger partial charge in [0, 0.05) is 8.15 Å². The van der Waals surface area contributed by atoms with E-state index in [0.717, 1.165) is 18.7 Å². The van der Waals surface area contributed by atoms with Crippen LogP contribution in [0.2, 0.25) is 0 Å². The number of hydrogen-bond donors (Lipinski definition) is 1. The first-order valence-corrected chi connectivity index (χ1v) is 13.8. The molecule has 1 aliphatic carbocycles. The van der Waals surface area contributed by atoms with Gasteiger partial charge in [-0.3, -0.25) is 6.08 Å². The number of unbranched alkanes of at least 4 members (excludes halogenated alkanes) is 2. The Kier molecular flexibility index (Phi) is 24.3. The van der Waals surface area contributed by atoms with E-state index < -0.39 is 23.8 Å². The predicted octanol–water partition coefficient (Wildman–Crippen LogP) is 5.66. The predicted molar refractivity (Wildman–Crippen MR) is 82.0 cm³/mol. The van der Waals surface area contributed by atoms with Gasteiger partial charge in [0.2, 0.25) is 0 Å². The molecule has 1 nitrogen and oxygen atoms in total. The zero-order valence-electron chi connectivity index (χ0n) is 11.2. The fourth-order valence-corrected chi connectivity index (χ4v) is 2.72. The van der Waals surface area contributed by atoms with Crippen molar-refractivity contribution >= 4 is 27.3 Å². The van der Waals surface area contributed by atoms with E-state index in [1.807, 2.05) is 12.2 Å². The van der Waals surface area contributed by atoms with Crippen molar-refractivity contribution in [3.8, 4) is 0 Å². The molecule has 0 fully saturated rings. The van der Waals surface area contributed by atoms with E-state index in [9.17, 15) is 4.89 Å². The summed E-state index contributed by atoms with van der Waals surface area (Å²) in [6, 6.07) is 0. The monoisotopic (exact) mass is 490 g/mol. The van der Waals surface area contributed by atoms with Gasteiger partial charge in [0.15, 0.2) is 0 Å². The van der Waals surface area contributed by atoms with Crippen LogP contribution >= 0.6 is 27.3 Å². The molecule has 0 saturated heterocycles. The van der Waals surface area contributed by atoms with E-state index in [1.54, 1.807) is 0 Å². The molecule has 110 valence electrons. The van der Waals surface area contributed by atoms with Gasteiger partial charge in [-0.05, 0) is 25.2 Å². The van der Waals surface area contributed by atoms with Crippen LogP contribution in [0.3, 0.4) is 0 Å². The Morgan fingerprint density at radius 1 is 1.22 bits per heavy atom. The van der Waals surface area contributed by atoms with Gasteiger partial charge in [0.05, 0.1) is 0 Å². The van der Waals surface area contributed by atoms with E-state index in [1.165, 1.54) is 25.7 Å². The molecule has 1 aliphatic rings. The van der Waals surface area contributed by atoms with Crippen molar-refractivity contribution in [2.24, 2.45) is 0 Å². The third-order valence-electron chi connectivity index (χ3n) is 2.13. The average molecular weight is 490 g/mol. The minimum absolute atomic E-state index is 0.556. The van der Waals surface area contributed by atoms with Crippen molar-refractivity contribution in [3.63, 3.8) is 0 Å². The minimum atomic E-state index is -0.592. The van der Waals surface area contributed by atoms with E-state index >= 15 is 0 Å². The molecule has 0 bridgehead atoms. The van der Waals surface area contributed by atoms with Gasteiger partial charge in [-0.1, -0.05) is 26.7 Å². The molecule has 0 unspecified atom stereocenters. The summed E-state index contributed by atoms with van der Waals surface area (Å²) < 4.78 is 0. The summed E-state index contributed by atoms with van der Waals surface area (Å²) in [6.45, 7) is 4.34. The van der Waals surface area contributed by atoms with Gasteiger partial charge in [0.1, 0.15) is 0 Å². The summed E-state index contributed by atoms with van der Waals surface area (Å²) >= 11 is -0.556. The summed E-state index contributed by atoms with van der Waals surface area (Å²) in [4.78, 5) is 9.38. The molecule has 0 amide bonds. The Morgan fingerprint density at radius 2 is 1.72 bits per heavy atom. The molecule has 0 aliphatic heterocycles. The SMILES string of the molecule is CCCCP(O)CCCC.[C-]1=CC=CC1.[Cl][Ir+][Cl]. The molecule has 0 radical (unpaired) electrons. The Labute approximate surface area is 130 Å². The fraction of sp³-hybridized carbons (Fsp3) is 0.692. The molecular weight excluding hydrogens is 466 g/mol. The van der Waals surface area contributed by atoms with Gasteiger partial charge in [0.25, 0.3) is 0 Å². The maximum absolute atomic E-state index is 9.38. The molecule has 0 saturated carbocycles. The second-order valence-electron chi connectivity index (χ2n) is 3.71. The van der Waals surface area contributed by atoms with Gasteiger partial charge >= 0.3 is 34.8 Å². The van der Waals surface area contributed by atoms with Crippen LogP contribution in [-0.4, -0.2) is 17.2 Å². The Morgan fingerprint density at radius 3 is 1.94 bits per heavy atom. The third kappa shape index (κ3) is 22.3. The molecule has 0 spiro atoms. The summed E-state index contributed by atoms with van der Waals surface area (Å²) in [5, 5.41) is 0. The van der Waals surface area contributed by atoms with Gasteiger partial charge < -0.3 is 4.89 Å². The van der Waals surface area contributed by atoms with E-state index in [2.05, 4.69) is 26.0 Å². The van der Waals surface area contributed by atoms with Crippen molar-refractivity contribution in [3.05, 3.63) is 24.3 Å². The summed E-state index contributed by atoms with van der Waals surface area (Å²) in [5.41, 5.74) is 0. The first-order chi connectivity index (χ1) is 8.72. The van der Waals surface area contributed by atoms with E-state index in [0.29, 0.717) is 0 Å². The first-order valence-electron chi connectivity index (χ1n) is 6.22. The number of hydrogen-bond acceptors (Lipinski definition) is 1. The molecule has 0 aromatic carbocycles. The molecule has 0 aromatic heterocycles. The van der Waals surface area contributed by atoms with Crippen molar-refractivity contribution in [2.75, 3.05) is 12.3 Å². The number of halogens is 2. The fourth-order valence-electron chi connectivity index (χ4n) is 1.13. The molecular formula is C13H24Cl2IrOP. The molecule has 18 heavy (non-hydrogen) atoms. The van der Waals surface area contributed by atoms with Crippen LogP contribution in [0.25, 0.3) is 0 Å². The quantitative estimate of drug-likeness (QED) is 0.377. The van der Waals surface area contributed by atoms with Gasteiger partial charge in [-0.15, -0.1) is 6.42 Å². The van der Waals surface area contributed by atoms with Gasteiger partial charge in [-0.2, -0.15) is 6.08 Å². The van der Waals surface area contributed by atoms with Crippen LogP contribution in [0.15, 0.2) is 18.2 Å². The number of rotatable bonds is 6. The summed E-state index contributed by atoms with van der Waals surface area (Å²) in [5.74, 6) is 0. The maximum atomic E-state index is 9.38. The number of allylic oxidation sites excluding steroid dienone is 4. The Hall–Kier alpha value is 1.10. The molecule has 0 aromatic rings. The van der Waals surface area contributed by atoms with Crippen LogP contribution in [0, 0.1) is 6.08 Å². The summed E-state index contributed by atoms with van der Waals surface area (Å²) in [7, 11) is 9.19. The molecule has 0 atom stereocenters. The van der Waals surface area contributed by atoms with Crippen LogP contribution in [-0.2, 0) is 15.7 Å². The Balaban J connectivity index is 0. The van der Waals surface area contributed by atoms with E-state index in [4.69, 9.17) is 19.2 Å². The van der Waals surface area contributed by atoms with Gasteiger partial charge in [-0.25, -0.2) is 12.2 Å². The standard InChI is InChI=1S/C8H19OP.C5H5.2ClH.Ir/c1-3-5-7-10(9)8-6-4-2;1-2-4-5-3-1;;;/h9H,3-8H2,1-2H3;1-3H,4H2;2*1H;/q;-1;;;+3/p-2. The van der Waals surface area contributed by atoms with Crippen LogP contribution < -0.4 is 0 Å². The molecule has 1 N–H and O–H groups in total. The van der Waals surface area contributed by atoms with Crippen LogP contribution in [0.4, 0.5) is 0 Å². The summed E-state index contributed by atoms with van der Waals surface area (Å²) in [6.07, 6.45) is 17.0. The van der Waals surface area contributed by atoms with Crippen molar-refractivity contribution in [1.29, 1.82) is 0 Å². The molecule has 0 heterocycles. The third-order valence-corrected chi connectivity index (χ3v) is 3.79. The van der Waals surface area contributed by atoms with Crippen molar-refractivity contribution in [1.82, 2.24) is 0 Å². The second-order valence-corrected chi connectivity index (χ2v) is 9.08. The zero-order chi connectivity index (χ0) is 14.1. The second kappa shape index (κ2) is 20.4. The zero-order valence-corrected chi connectivity index (χ0v) is 16.0. The normalized spacial score (nSPS) is 12.1. The average Bonchev–Trinajstić information content (AvgIpc) is 2.93. The van der Waals surface area contributed by atoms with E-state index in [-0.39, 0.29) is 0 Å². The molecule has 5 heteroatoms. The van der Waals surface area contributed by atoms with Crippen LogP contribution in [0.1, 0.15) is 46.0 Å².